The summed E-state index contributed by atoms with van der Waals surface area (Å²) in [5.41, 5.74) is 1.95. The third-order valence-corrected chi connectivity index (χ3v) is 4.20. The predicted octanol–water partition coefficient (Wildman–Crippen LogP) is 1.68. The summed E-state index contributed by atoms with van der Waals surface area (Å²) in [5.74, 6) is -3.34. The van der Waals surface area contributed by atoms with E-state index in [9.17, 15) is 27.6 Å². The molecule has 168 valence electrons. The second-order valence-corrected chi connectivity index (χ2v) is 7.05. The lowest BCUT2D eigenvalue weighted by Crippen LogP contribution is -2.54. The van der Waals surface area contributed by atoms with Crippen LogP contribution in [0.25, 0.3) is 0 Å². The van der Waals surface area contributed by atoms with Crippen molar-refractivity contribution in [3.8, 4) is 0 Å². The van der Waals surface area contributed by atoms with Crippen molar-refractivity contribution in [2.45, 2.75) is 58.1 Å². The van der Waals surface area contributed by atoms with Gasteiger partial charge in [-0.2, -0.15) is 13.2 Å². The van der Waals surface area contributed by atoms with Crippen LogP contribution in [0.5, 0.6) is 0 Å². The maximum Gasteiger partial charge on any atom is 0.404 e. The number of hydroxylamine groups is 1. The highest BCUT2D eigenvalue weighted by Gasteiger charge is 2.42. The third-order valence-electron chi connectivity index (χ3n) is 4.20. The lowest BCUT2D eigenvalue weighted by molar-refractivity contribution is -0.165. The van der Waals surface area contributed by atoms with Crippen LogP contribution in [0.4, 0.5) is 13.2 Å². The zero-order chi connectivity index (χ0) is 22.9. The standard InChI is InChI=1S/C19H26F3N3O5/c1-11(2)16(18(28)30-10-13-7-5-4-6-8-13)24-15(26)9-14(19(20,21)22)23-12(3)17(27)25-29/h4-8,11-12,14,16,23,29H,9-10H2,1-3H3,(H,24,26)(H,25,27)/t12-,14?,16-/m0/s1. The molecule has 1 aromatic rings. The van der Waals surface area contributed by atoms with Crippen molar-refractivity contribution in [2.24, 2.45) is 5.92 Å². The maximum absolute atomic E-state index is 13.2. The van der Waals surface area contributed by atoms with Crippen LogP contribution in [0.3, 0.4) is 0 Å². The first kappa shape index (κ1) is 25.4. The molecule has 0 radical (unpaired) electrons. The van der Waals surface area contributed by atoms with Crippen molar-refractivity contribution >= 4 is 17.8 Å². The number of hydrogen-bond acceptors (Lipinski definition) is 6. The molecule has 2 amide bonds. The molecule has 0 heterocycles. The number of hydrogen-bond donors (Lipinski definition) is 4. The van der Waals surface area contributed by atoms with E-state index in [4.69, 9.17) is 9.94 Å². The van der Waals surface area contributed by atoms with Gasteiger partial charge in [0.05, 0.1) is 12.5 Å². The number of amides is 2. The number of esters is 1. The average Bonchev–Trinajstić information content (AvgIpc) is 2.68. The summed E-state index contributed by atoms with van der Waals surface area (Å²) in [4.78, 5) is 35.8. The van der Waals surface area contributed by atoms with Gasteiger partial charge in [0.25, 0.3) is 5.91 Å². The fourth-order valence-electron chi connectivity index (χ4n) is 2.48. The van der Waals surface area contributed by atoms with Gasteiger partial charge < -0.3 is 10.1 Å². The Morgan fingerprint density at radius 1 is 1.10 bits per heavy atom. The molecule has 4 N–H and O–H groups in total. The van der Waals surface area contributed by atoms with E-state index in [2.05, 4.69) is 5.32 Å². The van der Waals surface area contributed by atoms with Crippen molar-refractivity contribution < 1.29 is 37.5 Å². The summed E-state index contributed by atoms with van der Waals surface area (Å²) in [6.07, 6.45) is -5.91. The quantitative estimate of drug-likeness (QED) is 0.253. The minimum Gasteiger partial charge on any atom is -0.459 e. The Labute approximate surface area is 172 Å². The van der Waals surface area contributed by atoms with E-state index in [1.165, 1.54) is 5.48 Å². The minimum atomic E-state index is -4.84. The van der Waals surface area contributed by atoms with Crippen LogP contribution >= 0.6 is 0 Å². The van der Waals surface area contributed by atoms with E-state index in [0.717, 1.165) is 12.5 Å². The monoisotopic (exact) mass is 433 g/mol. The molecule has 1 aromatic carbocycles. The molecule has 0 saturated carbocycles. The second-order valence-electron chi connectivity index (χ2n) is 7.05. The molecule has 8 nitrogen and oxygen atoms in total. The fourth-order valence-corrected chi connectivity index (χ4v) is 2.48. The van der Waals surface area contributed by atoms with E-state index in [1.54, 1.807) is 44.2 Å². The van der Waals surface area contributed by atoms with Crippen LogP contribution < -0.4 is 16.1 Å². The van der Waals surface area contributed by atoms with E-state index < -0.39 is 54.4 Å². The SMILES string of the molecule is CC(C)[C@H](NC(=O)CC(N[C@@H](C)C(=O)NO)C(F)(F)F)C(=O)OCc1ccccc1. The number of benzene rings is 1. The number of rotatable bonds is 10. The van der Waals surface area contributed by atoms with Crippen LogP contribution in [0, 0.1) is 5.92 Å². The van der Waals surface area contributed by atoms with Gasteiger partial charge in [0.1, 0.15) is 18.7 Å². The molecule has 0 aliphatic heterocycles. The van der Waals surface area contributed by atoms with Crippen LogP contribution in [0.1, 0.15) is 32.8 Å². The Balaban J connectivity index is 2.75. The lowest BCUT2D eigenvalue weighted by Gasteiger charge is -2.26. The Morgan fingerprint density at radius 2 is 1.70 bits per heavy atom. The number of nitrogens with one attached hydrogen (secondary N) is 3. The number of carbonyl (C=O) groups is 3. The van der Waals surface area contributed by atoms with Gasteiger partial charge in [-0.05, 0) is 18.4 Å². The average molecular weight is 433 g/mol. The molecule has 0 bridgehead atoms. The third kappa shape index (κ3) is 8.37. The molecular weight excluding hydrogens is 407 g/mol. The topological polar surface area (TPSA) is 117 Å². The molecule has 11 heteroatoms. The van der Waals surface area contributed by atoms with Gasteiger partial charge in [0.15, 0.2) is 0 Å². The fraction of sp³-hybridized carbons (Fsp3) is 0.526. The molecule has 3 atom stereocenters. The number of alkyl halides is 3. The zero-order valence-corrected chi connectivity index (χ0v) is 16.8. The largest absolute Gasteiger partial charge is 0.459 e. The van der Waals surface area contributed by atoms with E-state index >= 15 is 0 Å². The Hall–Kier alpha value is -2.66. The lowest BCUT2D eigenvalue weighted by atomic mass is 10.0. The Bertz CT molecular complexity index is 713. The summed E-state index contributed by atoms with van der Waals surface area (Å²) in [7, 11) is 0. The molecule has 1 rings (SSSR count). The van der Waals surface area contributed by atoms with Gasteiger partial charge >= 0.3 is 12.1 Å². The Morgan fingerprint density at radius 3 is 2.20 bits per heavy atom. The number of carbonyl (C=O) groups excluding carboxylic acids is 3. The predicted molar refractivity (Wildman–Crippen MR) is 100.0 cm³/mol. The molecule has 0 spiro atoms. The van der Waals surface area contributed by atoms with Crippen LogP contribution in [-0.2, 0) is 25.7 Å². The number of ether oxygens (including phenoxy) is 1. The maximum atomic E-state index is 13.2. The Kier molecular flexibility index (Phi) is 9.73. The van der Waals surface area contributed by atoms with Gasteiger partial charge in [0, 0.05) is 0 Å². The molecule has 0 aliphatic rings. The van der Waals surface area contributed by atoms with Crippen LogP contribution in [-0.4, -0.2) is 47.3 Å². The highest BCUT2D eigenvalue weighted by molar-refractivity contribution is 5.85. The summed E-state index contributed by atoms with van der Waals surface area (Å²) in [6, 6.07) is 3.86. The smallest absolute Gasteiger partial charge is 0.404 e. The summed E-state index contributed by atoms with van der Waals surface area (Å²) >= 11 is 0. The highest BCUT2D eigenvalue weighted by atomic mass is 19.4. The zero-order valence-electron chi connectivity index (χ0n) is 16.8. The second kappa shape index (κ2) is 11.5. The van der Waals surface area contributed by atoms with Gasteiger partial charge in [-0.1, -0.05) is 44.2 Å². The first-order valence-electron chi connectivity index (χ1n) is 9.22. The molecule has 0 saturated heterocycles. The first-order valence-corrected chi connectivity index (χ1v) is 9.22. The number of halogens is 3. The highest BCUT2D eigenvalue weighted by Crippen LogP contribution is 2.23. The van der Waals surface area contributed by atoms with Crippen molar-refractivity contribution in [1.82, 2.24) is 16.1 Å². The van der Waals surface area contributed by atoms with Crippen LogP contribution in [0.2, 0.25) is 0 Å². The van der Waals surface area contributed by atoms with Crippen molar-refractivity contribution in [3.63, 3.8) is 0 Å². The van der Waals surface area contributed by atoms with Gasteiger partial charge in [-0.3, -0.25) is 20.1 Å². The van der Waals surface area contributed by atoms with Gasteiger partial charge in [-0.15, -0.1) is 0 Å². The summed E-state index contributed by atoms with van der Waals surface area (Å²) in [5, 5.41) is 12.7. The molecule has 0 fully saturated rings. The molecule has 30 heavy (non-hydrogen) atoms. The summed E-state index contributed by atoms with van der Waals surface area (Å²) in [6.45, 7) is 4.28. The van der Waals surface area contributed by atoms with Crippen molar-refractivity contribution in [3.05, 3.63) is 35.9 Å². The molecular formula is C19H26F3N3O5. The van der Waals surface area contributed by atoms with E-state index in [1.807, 2.05) is 5.32 Å². The summed E-state index contributed by atoms with van der Waals surface area (Å²) < 4.78 is 44.9. The van der Waals surface area contributed by atoms with Crippen molar-refractivity contribution in [1.29, 1.82) is 0 Å². The first-order chi connectivity index (χ1) is 14.0. The van der Waals surface area contributed by atoms with Crippen molar-refractivity contribution in [2.75, 3.05) is 0 Å². The molecule has 0 aliphatic carbocycles. The normalized spacial score (nSPS) is 14.5. The molecule has 0 aromatic heterocycles. The van der Waals surface area contributed by atoms with Gasteiger partial charge in [0.2, 0.25) is 5.91 Å². The molecule has 1 unspecified atom stereocenters. The van der Waals surface area contributed by atoms with E-state index in [-0.39, 0.29) is 6.61 Å². The van der Waals surface area contributed by atoms with E-state index in [0.29, 0.717) is 0 Å². The minimum absolute atomic E-state index is 0.0424. The van der Waals surface area contributed by atoms with Crippen LogP contribution in [0.15, 0.2) is 30.3 Å². The van der Waals surface area contributed by atoms with Gasteiger partial charge in [-0.25, -0.2) is 10.3 Å².